The second-order valence-electron chi connectivity index (χ2n) is 6.16. The van der Waals surface area contributed by atoms with Crippen molar-refractivity contribution in [1.29, 1.82) is 0 Å². The van der Waals surface area contributed by atoms with E-state index in [0.29, 0.717) is 13.2 Å². The fourth-order valence-corrected chi connectivity index (χ4v) is 3.77. The number of sulfonamides is 1. The molecule has 0 saturated heterocycles. The highest BCUT2D eigenvalue weighted by Gasteiger charge is 2.38. The molecular weight excluding hydrogens is 360 g/mol. The van der Waals surface area contributed by atoms with Gasteiger partial charge in [0.2, 0.25) is 10.0 Å². The largest absolute Gasteiger partial charge is 0.451 e. The first-order valence-corrected chi connectivity index (χ1v) is 10.1. The van der Waals surface area contributed by atoms with Gasteiger partial charge in [-0.1, -0.05) is 24.3 Å². The van der Waals surface area contributed by atoms with Crippen LogP contribution >= 0.6 is 0 Å². The molecule has 1 aromatic carbocycles. The van der Waals surface area contributed by atoms with Crippen LogP contribution in [-0.2, 0) is 42.1 Å². The molecule has 0 fully saturated rings. The van der Waals surface area contributed by atoms with Gasteiger partial charge in [0, 0.05) is 26.6 Å². The average Bonchev–Trinajstić information content (AvgIpc) is 2.59. The predicted octanol–water partition coefficient (Wildman–Crippen LogP) is 0.0672. The van der Waals surface area contributed by atoms with Crippen LogP contribution in [0.5, 0.6) is 0 Å². The molecule has 1 heterocycles. The third-order valence-corrected chi connectivity index (χ3v) is 5.41. The molecule has 8 nitrogen and oxygen atoms in total. The van der Waals surface area contributed by atoms with E-state index in [4.69, 9.17) is 9.47 Å². The molecule has 1 aromatic rings. The van der Waals surface area contributed by atoms with E-state index in [1.807, 2.05) is 24.3 Å². The predicted molar refractivity (Wildman–Crippen MR) is 94.8 cm³/mol. The topological polar surface area (TPSA) is 102 Å². The smallest absolute Gasteiger partial charge is 0.325 e. The number of ether oxygens (including phenoxy) is 2. The van der Waals surface area contributed by atoms with Gasteiger partial charge in [-0.2, -0.15) is 4.31 Å². The van der Waals surface area contributed by atoms with E-state index in [1.54, 1.807) is 0 Å². The van der Waals surface area contributed by atoms with Crippen LogP contribution in [0.2, 0.25) is 0 Å². The van der Waals surface area contributed by atoms with E-state index in [-0.39, 0.29) is 13.0 Å². The van der Waals surface area contributed by atoms with E-state index < -0.39 is 34.0 Å². The van der Waals surface area contributed by atoms with Crippen molar-refractivity contribution in [3.8, 4) is 0 Å². The summed E-state index contributed by atoms with van der Waals surface area (Å²) < 4.78 is 35.4. The molecule has 2 atom stereocenters. The van der Waals surface area contributed by atoms with E-state index in [1.165, 1.54) is 14.0 Å². The number of esters is 1. The summed E-state index contributed by atoms with van der Waals surface area (Å²) in [5, 5.41) is 2.58. The van der Waals surface area contributed by atoms with Crippen molar-refractivity contribution < 1.29 is 27.5 Å². The molecule has 144 valence electrons. The minimum Gasteiger partial charge on any atom is -0.451 e. The highest BCUT2D eigenvalue weighted by atomic mass is 32.2. The highest BCUT2D eigenvalue weighted by molar-refractivity contribution is 7.88. The zero-order chi connectivity index (χ0) is 19.3. The molecule has 1 aliphatic rings. The lowest BCUT2D eigenvalue weighted by atomic mass is 9.96. The first-order valence-electron chi connectivity index (χ1n) is 8.24. The van der Waals surface area contributed by atoms with Gasteiger partial charge in [-0.15, -0.1) is 0 Å². The molecule has 0 aromatic heterocycles. The number of carbonyl (C=O) groups is 2. The van der Waals surface area contributed by atoms with Gasteiger partial charge in [0.25, 0.3) is 5.91 Å². The summed E-state index contributed by atoms with van der Waals surface area (Å²) in [5.74, 6) is -1.20. The van der Waals surface area contributed by atoms with Gasteiger partial charge in [0.05, 0.1) is 12.9 Å². The third kappa shape index (κ3) is 5.03. The second kappa shape index (κ2) is 8.61. The summed E-state index contributed by atoms with van der Waals surface area (Å²) in [6.45, 7) is 2.18. The van der Waals surface area contributed by atoms with Crippen LogP contribution in [0.3, 0.4) is 0 Å². The number of nitrogens with zero attached hydrogens (tertiary/aromatic N) is 1. The van der Waals surface area contributed by atoms with Crippen molar-refractivity contribution in [1.82, 2.24) is 9.62 Å². The number of amides is 1. The molecular formula is C17H24N2O6S. The molecule has 0 aliphatic carbocycles. The lowest BCUT2D eigenvalue weighted by Gasteiger charge is -2.33. The van der Waals surface area contributed by atoms with Gasteiger partial charge in [-0.25, -0.2) is 8.42 Å². The first-order chi connectivity index (χ1) is 12.2. The van der Waals surface area contributed by atoms with Crippen molar-refractivity contribution in [3.63, 3.8) is 0 Å². The molecule has 0 bridgehead atoms. The van der Waals surface area contributed by atoms with E-state index in [2.05, 4.69) is 5.32 Å². The summed E-state index contributed by atoms with van der Waals surface area (Å²) in [6, 6.07) is 6.36. The first kappa shape index (κ1) is 20.3. The van der Waals surface area contributed by atoms with Crippen LogP contribution in [0.15, 0.2) is 24.3 Å². The molecule has 26 heavy (non-hydrogen) atoms. The normalized spacial score (nSPS) is 18.7. The Morgan fingerprint density at radius 3 is 2.58 bits per heavy atom. The van der Waals surface area contributed by atoms with Crippen LogP contribution in [0.4, 0.5) is 0 Å². The van der Waals surface area contributed by atoms with Gasteiger partial charge >= 0.3 is 5.97 Å². The van der Waals surface area contributed by atoms with Gasteiger partial charge in [-0.3, -0.25) is 9.59 Å². The standard InChI is InChI=1S/C17H24N2O6S/c1-12(16(20)18-8-9-24-2)25-17(21)15-10-13-6-4-5-7-14(13)11-19(15)26(3,22)23/h4-7,12,15H,8-11H2,1-3H3,(H,18,20)/t12-,15-/m0/s1. The molecule has 1 amide bonds. The molecule has 0 unspecified atom stereocenters. The minimum absolute atomic E-state index is 0.100. The minimum atomic E-state index is -3.62. The summed E-state index contributed by atoms with van der Waals surface area (Å²) in [7, 11) is -2.11. The van der Waals surface area contributed by atoms with Gasteiger partial charge < -0.3 is 14.8 Å². The van der Waals surface area contributed by atoms with Crippen LogP contribution < -0.4 is 5.32 Å². The summed E-state index contributed by atoms with van der Waals surface area (Å²) in [5.41, 5.74) is 1.75. The Hall–Kier alpha value is -1.97. The van der Waals surface area contributed by atoms with E-state index in [9.17, 15) is 18.0 Å². The van der Waals surface area contributed by atoms with Crippen molar-refractivity contribution in [2.45, 2.75) is 32.0 Å². The lowest BCUT2D eigenvalue weighted by Crippen LogP contribution is -2.50. The Morgan fingerprint density at radius 1 is 1.31 bits per heavy atom. The van der Waals surface area contributed by atoms with E-state index in [0.717, 1.165) is 21.7 Å². The number of hydrogen-bond donors (Lipinski definition) is 1. The van der Waals surface area contributed by atoms with Crippen molar-refractivity contribution in [3.05, 3.63) is 35.4 Å². The van der Waals surface area contributed by atoms with Crippen molar-refractivity contribution in [2.75, 3.05) is 26.5 Å². The highest BCUT2D eigenvalue weighted by Crippen LogP contribution is 2.26. The van der Waals surface area contributed by atoms with Crippen LogP contribution in [0.1, 0.15) is 18.1 Å². The zero-order valence-corrected chi connectivity index (χ0v) is 15.9. The Bertz CT molecular complexity index is 764. The van der Waals surface area contributed by atoms with Gasteiger partial charge in [0.15, 0.2) is 6.10 Å². The second-order valence-corrected chi connectivity index (χ2v) is 8.09. The maximum atomic E-state index is 12.6. The fraction of sp³-hybridized carbons (Fsp3) is 0.529. The third-order valence-electron chi connectivity index (χ3n) is 4.17. The number of rotatable bonds is 7. The molecule has 0 radical (unpaired) electrons. The number of fused-ring (bicyclic) bond motifs is 1. The maximum Gasteiger partial charge on any atom is 0.325 e. The SMILES string of the molecule is COCCNC(=O)[C@H](C)OC(=O)[C@@H]1Cc2ccccc2CN1S(C)(=O)=O. The van der Waals surface area contributed by atoms with Crippen LogP contribution in [0.25, 0.3) is 0 Å². The maximum absolute atomic E-state index is 12.6. The quantitative estimate of drug-likeness (QED) is 0.527. The number of nitrogens with one attached hydrogen (secondary N) is 1. The lowest BCUT2D eigenvalue weighted by molar-refractivity contribution is -0.158. The summed E-state index contributed by atoms with van der Waals surface area (Å²) in [6.07, 6.45) is 0.236. The summed E-state index contributed by atoms with van der Waals surface area (Å²) >= 11 is 0. The monoisotopic (exact) mass is 384 g/mol. The van der Waals surface area contributed by atoms with Gasteiger partial charge in [-0.05, 0) is 18.1 Å². The molecule has 2 rings (SSSR count). The number of carbonyl (C=O) groups excluding carboxylic acids is 2. The van der Waals surface area contributed by atoms with Crippen molar-refractivity contribution >= 4 is 21.9 Å². The molecule has 9 heteroatoms. The number of hydrogen-bond acceptors (Lipinski definition) is 6. The molecule has 1 aliphatic heterocycles. The Balaban J connectivity index is 2.11. The number of benzene rings is 1. The molecule has 1 N–H and O–H groups in total. The van der Waals surface area contributed by atoms with Gasteiger partial charge in [0.1, 0.15) is 6.04 Å². The molecule has 0 saturated carbocycles. The molecule has 0 spiro atoms. The Labute approximate surface area is 153 Å². The number of methoxy groups -OCH3 is 1. The van der Waals surface area contributed by atoms with E-state index >= 15 is 0 Å². The van der Waals surface area contributed by atoms with Crippen LogP contribution in [-0.4, -0.2) is 63.3 Å². The average molecular weight is 384 g/mol. The Morgan fingerprint density at radius 2 is 1.96 bits per heavy atom. The Kier molecular flexibility index (Phi) is 6.74. The summed E-state index contributed by atoms with van der Waals surface area (Å²) in [4.78, 5) is 24.5. The van der Waals surface area contributed by atoms with Crippen LogP contribution in [0, 0.1) is 0 Å². The van der Waals surface area contributed by atoms with Crippen molar-refractivity contribution in [2.24, 2.45) is 0 Å². The zero-order valence-electron chi connectivity index (χ0n) is 15.1. The fourth-order valence-electron chi connectivity index (χ4n) is 2.77.